The molecule has 2 aliphatic rings. The average Bonchev–Trinajstić information content (AvgIpc) is 3.00. The van der Waals surface area contributed by atoms with Crippen LogP contribution in [0, 0.1) is 12.8 Å². The molecule has 2 N–H and O–H groups in total. The summed E-state index contributed by atoms with van der Waals surface area (Å²) in [6.45, 7) is 4.73. The molecule has 1 aromatic rings. The lowest BCUT2D eigenvalue weighted by Crippen LogP contribution is -2.49. The minimum absolute atomic E-state index is 0.181. The summed E-state index contributed by atoms with van der Waals surface area (Å²) in [5.74, 6) is 0.842. The van der Waals surface area contributed by atoms with Gasteiger partial charge in [-0.25, -0.2) is 0 Å². The van der Waals surface area contributed by atoms with E-state index in [0.29, 0.717) is 18.2 Å². The quantitative estimate of drug-likeness (QED) is 0.888. The van der Waals surface area contributed by atoms with E-state index in [1.165, 1.54) is 10.4 Å². The first kappa shape index (κ1) is 17.9. The summed E-state index contributed by atoms with van der Waals surface area (Å²) in [6, 6.07) is 2.34. The zero-order valence-electron chi connectivity index (χ0n) is 14.7. The first-order valence-electron chi connectivity index (χ1n) is 9.33. The van der Waals surface area contributed by atoms with Crippen LogP contribution < -0.4 is 5.73 Å². The Hall–Kier alpha value is -0.910. The Morgan fingerprint density at radius 1 is 1.38 bits per heavy atom. The number of piperidine rings is 1. The van der Waals surface area contributed by atoms with Crippen LogP contribution in [0.1, 0.15) is 49.0 Å². The maximum absolute atomic E-state index is 12.4. The highest BCUT2D eigenvalue weighted by molar-refractivity contribution is 7.10. The minimum Gasteiger partial charge on any atom is -0.376 e. The topological polar surface area (TPSA) is 55.6 Å². The van der Waals surface area contributed by atoms with Gasteiger partial charge < -0.3 is 15.4 Å². The molecule has 24 heavy (non-hydrogen) atoms. The highest BCUT2D eigenvalue weighted by Crippen LogP contribution is 2.28. The van der Waals surface area contributed by atoms with Crippen LogP contribution in [0.15, 0.2) is 11.4 Å². The monoisotopic (exact) mass is 350 g/mol. The number of aryl methyl sites for hydroxylation is 2. The zero-order chi connectivity index (χ0) is 16.9. The van der Waals surface area contributed by atoms with Crippen molar-refractivity contribution in [2.45, 2.75) is 64.0 Å². The van der Waals surface area contributed by atoms with Crippen molar-refractivity contribution in [1.29, 1.82) is 0 Å². The number of ether oxygens (including phenoxy) is 1. The van der Waals surface area contributed by atoms with E-state index in [-0.39, 0.29) is 12.1 Å². The molecule has 2 aliphatic heterocycles. The van der Waals surface area contributed by atoms with E-state index in [2.05, 4.69) is 18.4 Å². The van der Waals surface area contributed by atoms with Crippen LogP contribution in [0.2, 0.25) is 0 Å². The van der Waals surface area contributed by atoms with Gasteiger partial charge in [0.15, 0.2) is 0 Å². The number of nitrogens with two attached hydrogens (primary N) is 1. The smallest absolute Gasteiger partial charge is 0.222 e. The highest BCUT2D eigenvalue weighted by Gasteiger charge is 2.33. The van der Waals surface area contributed by atoms with Gasteiger partial charge in [-0.15, -0.1) is 11.3 Å². The van der Waals surface area contributed by atoms with Crippen molar-refractivity contribution in [3.8, 4) is 0 Å². The second kappa shape index (κ2) is 8.45. The average molecular weight is 351 g/mol. The molecule has 3 rings (SSSR count). The molecule has 0 aromatic carbocycles. The third-order valence-corrected chi connectivity index (χ3v) is 6.62. The Bertz CT molecular complexity index is 537. The van der Waals surface area contributed by atoms with Crippen LogP contribution in [-0.4, -0.2) is 42.6 Å². The van der Waals surface area contributed by atoms with E-state index in [4.69, 9.17) is 10.5 Å². The number of thiophene rings is 1. The number of carbonyl (C=O) groups excluding carboxylic acids is 1. The van der Waals surface area contributed by atoms with Gasteiger partial charge in [0.2, 0.25) is 5.91 Å². The van der Waals surface area contributed by atoms with E-state index in [0.717, 1.165) is 58.2 Å². The van der Waals surface area contributed by atoms with Gasteiger partial charge in [0, 0.05) is 37.0 Å². The van der Waals surface area contributed by atoms with Crippen molar-refractivity contribution >= 4 is 17.2 Å². The maximum atomic E-state index is 12.4. The lowest BCUT2D eigenvalue weighted by Gasteiger charge is -2.40. The normalized spacial score (nSPS) is 25.8. The number of hydrogen-bond donors (Lipinski definition) is 1. The van der Waals surface area contributed by atoms with Gasteiger partial charge in [0.25, 0.3) is 0 Å². The third kappa shape index (κ3) is 4.38. The molecular weight excluding hydrogens is 320 g/mol. The van der Waals surface area contributed by atoms with Crippen LogP contribution in [0.5, 0.6) is 0 Å². The van der Waals surface area contributed by atoms with Gasteiger partial charge >= 0.3 is 0 Å². The number of nitrogens with zero attached hydrogens (tertiary/aromatic N) is 1. The Labute approximate surface area is 149 Å². The first-order valence-corrected chi connectivity index (χ1v) is 10.2. The van der Waals surface area contributed by atoms with E-state index in [1.807, 2.05) is 4.90 Å². The molecule has 2 saturated heterocycles. The summed E-state index contributed by atoms with van der Waals surface area (Å²) in [5, 5.41) is 2.13. The molecule has 0 radical (unpaired) electrons. The van der Waals surface area contributed by atoms with Gasteiger partial charge in [0.1, 0.15) is 0 Å². The van der Waals surface area contributed by atoms with Crippen molar-refractivity contribution in [1.82, 2.24) is 4.90 Å². The lowest BCUT2D eigenvalue weighted by molar-refractivity contribution is -0.134. The summed E-state index contributed by atoms with van der Waals surface area (Å²) in [6.07, 6.45) is 7.08. The fraction of sp³-hybridized carbons (Fsp3) is 0.737. The van der Waals surface area contributed by atoms with Gasteiger partial charge in [0.05, 0.1) is 6.10 Å². The number of hydrogen-bond acceptors (Lipinski definition) is 4. The van der Waals surface area contributed by atoms with Crippen LogP contribution in [0.25, 0.3) is 0 Å². The Balaban J connectivity index is 1.39. The van der Waals surface area contributed by atoms with E-state index < -0.39 is 0 Å². The van der Waals surface area contributed by atoms with E-state index >= 15 is 0 Å². The maximum Gasteiger partial charge on any atom is 0.222 e. The molecule has 0 saturated carbocycles. The molecule has 1 amide bonds. The Kier molecular flexibility index (Phi) is 6.31. The van der Waals surface area contributed by atoms with Gasteiger partial charge in [-0.3, -0.25) is 4.79 Å². The summed E-state index contributed by atoms with van der Waals surface area (Å²) >= 11 is 1.80. The van der Waals surface area contributed by atoms with Gasteiger partial charge in [-0.1, -0.05) is 0 Å². The number of likely N-dealkylation sites (tertiary alicyclic amines) is 1. The first-order chi connectivity index (χ1) is 11.6. The van der Waals surface area contributed by atoms with Crippen molar-refractivity contribution < 1.29 is 9.53 Å². The molecule has 4 nitrogen and oxygen atoms in total. The van der Waals surface area contributed by atoms with Crippen molar-refractivity contribution in [3.05, 3.63) is 21.9 Å². The van der Waals surface area contributed by atoms with Crippen molar-refractivity contribution in [3.63, 3.8) is 0 Å². The lowest BCUT2D eigenvalue weighted by atomic mass is 9.85. The number of rotatable bonds is 5. The standard InChI is InChI=1S/C19H30N2O2S/c1-14-9-13-24-17(14)5-2-6-18(22)21-10-7-15(8-11-21)19-16(20)4-3-12-23-19/h9,13,15-16,19H,2-8,10-12,20H2,1H3. The Morgan fingerprint density at radius 3 is 2.83 bits per heavy atom. The fourth-order valence-corrected chi connectivity index (χ4v) is 4.96. The zero-order valence-corrected chi connectivity index (χ0v) is 15.5. The van der Waals surface area contributed by atoms with Crippen LogP contribution in [-0.2, 0) is 16.0 Å². The highest BCUT2D eigenvalue weighted by atomic mass is 32.1. The molecule has 1 aromatic heterocycles. The fourth-order valence-electron chi connectivity index (χ4n) is 4.01. The SMILES string of the molecule is Cc1ccsc1CCCC(=O)N1CCC(C2OCCCC2N)CC1. The molecular formula is C19H30N2O2S. The second-order valence-corrected chi connectivity index (χ2v) is 8.24. The van der Waals surface area contributed by atoms with Crippen LogP contribution >= 0.6 is 11.3 Å². The number of carbonyl (C=O) groups is 1. The molecule has 2 unspecified atom stereocenters. The van der Waals surface area contributed by atoms with Crippen molar-refractivity contribution in [2.75, 3.05) is 19.7 Å². The van der Waals surface area contributed by atoms with Gasteiger partial charge in [-0.2, -0.15) is 0 Å². The Morgan fingerprint density at radius 2 is 2.17 bits per heavy atom. The molecule has 134 valence electrons. The molecule has 5 heteroatoms. The van der Waals surface area contributed by atoms with Crippen molar-refractivity contribution in [2.24, 2.45) is 11.7 Å². The van der Waals surface area contributed by atoms with E-state index in [1.54, 1.807) is 11.3 Å². The molecule has 2 fully saturated rings. The predicted molar refractivity (Wildman–Crippen MR) is 98.2 cm³/mol. The minimum atomic E-state index is 0.181. The largest absolute Gasteiger partial charge is 0.376 e. The third-order valence-electron chi connectivity index (χ3n) is 5.53. The summed E-state index contributed by atoms with van der Waals surface area (Å²) in [7, 11) is 0. The molecule has 0 aliphatic carbocycles. The number of amides is 1. The van der Waals surface area contributed by atoms with E-state index in [9.17, 15) is 4.79 Å². The molecule has 3 heterocycles. The molecule has 2 atom stereocenters. The molecule has 0 spiro atoms. The summed E-state index contributed by atoms with van der Waals surface area (Å²) in [4.78, 5) is 15.9. The second-order valence-electron chi connectivity index (χ2n) is 7.24. The predicted octanol–water partition coefficient (Wildman–Crippen LogP) is 3.12. The molecule has 0 bridgehead atoms. The van der Waals surface area contributed by atoms with Crippen LogP contribution in [0.4, 0.5) is 0 Å². The van der Waals surface area contributed by atoms with Crippen LogP contribution in [0.3, 0.4) is 0 Å². The summed E-state index contributed by atoms with van der Waals surface area (Å²) < 4.78 is 5.92. The summed E-state index contributed by atoms with van der Waals surface area (Å²) in [5.41, 5.74) is 7.58. The van der Waals surface area contributed by atoms with Gasteiger partial charge in [-0.05, 0) is 68.4 Å².